The number of hydrogen-bond donors (Lipinski definition) is 1. The average molecular weight is 458 g/mol. The molecule has 2 aromatic carbocycles. The molecule has 0 atom stereocenters. The lowest BCUT2D eigenvalue weighted by Crippen LogP contribution is -2.30. The largest absolute Gasteiger partial charge is 0.486 e. The minimum atomic E-state index is -3.59. The van der Waals surface area contributed by atoms with Crippen LogP contribution in [0.3, 0.4) is 0 Å². The van der Waals surface area contributed by atoms with Crippen LogP contribution >= 0.6 is 0 Å². The van der Waals surface area contributed by atoms with E-state index >= 15 is 0 Å². The number of sulfonamides is 1. The van der Waals surface area contributed by atoms with Crippen molar-refractivity contribution in [2.75, 3.05) is 31.6 Å². The van der Waals surface area contributed by atoms with Gasteiger partial charge in [-0.1, -0.05) is 18.9 Å². The Morgan fingerprint density at radius 3 is 2.38 bits per heavy atom. The van der Waals surface area contributed by atoms with Crippen molar-refractivity contribution < 1.29 is 27.1 Å². The van der Waals surface area contributed by atoms with E-state index in [0.717, 1.165) is 0 Å². The standard InChI is InChI=1S/C21H22N4O6S/c1-3-25(4-2)32(27,28)16-8-5-14(6-9-16)19(26)22-21-24-23-20(31-21)15-7-10-17-18(13-15)30-12-11-29-17/h5-10,13H,3-4,11-12H2,1-2H3,(H,22,24,26). The van der Waals surface area contributed by atoms with Crippen molar-refractivity contribution >= 4 is 21.9 Å². The van der Waals surface area contributed by atoms with Gasteiger partial charge in [0.1, 0.15) is 13.2 Å². The van der Waals surface area contributed by atoms with Gasteiger partial charge in [-0.25, -0.2) is 8.42 Å². The van der Waals surface area contributed by atoms with Gasteiger partial charge in [0.05, 0.1) is 4.90 Å². The first-order valence-corrected chi connectivity index (χ1v) is 11.5. The number of ether oxygens (including phenoxy) is 2. The van der Waals surface area contributed by atoms with Crippen LogP contribution < -0.4 is 14.8 Å². The second kappa shape index (κ2) is 8.97. The van der Waals surface area contributed by atoms with Crippen molar-refractivity contribution in [1.82, 2.24) is 14.5 Å². The molecule has 0 unspecified atom stereocenters. The molecule has 2 heterocycles. The molecule has 168 valence electrons. The average Bonchev–Trinajstić information content (AvgIpc) is 3.28. The Balaban J connectivity index is 1.46. The third-order valence-electron chi connectivity index (χ3n) is 4.89. The zero-order valence-electron chi connectivity index (χ0n) is 17.6. The van der Waals surface area contributed by atoms with Crippen LogP contribution in [0.25, 0.3) is 11.5 Å². The lowest BCUT2D eigenvalue weighted by Gasteiger charge is -2.18. The van der Waals surface area contributed by atoms with Gasteiger partial charge < -0.3 is 13.9 Å². The van der Waals surface area contributed by atoms with Crippen molar-refractivity contribution in [3.05, 3.63) is 48.0 Å². The molecular weight excluding hydrogens is 436 g/mol. The van der Waals surface area contributed by atoms with Gasteiger partial charge in [-0.15, -0.1) is 5.10 Å². The van der Waals surface area contributed by atoms with Crippen LogP contribution in [0.1, 0.15) is 24.2 Å². The minimum absolute atomic E-state index is 0.0836. The Kier molecular flexibility index (Phi) is 6.10. The number of nitrogens with one attached hydrogen (secondary N) is 1. The number of carbonyl (C=O) groups is 1. The van der Waals surface area contributed by atoms with Crippen molar-refractivity contribution in [3.63, 3.8) is 0 Å². The molecule has 0 saturated heterocycles. The fourth-order valence-corrected chi connectivity index (χ4v) is 4.68. The first kappa shape index (κ1) is 21.8. The molecule has 0 bridgehead atoms. The number of benzene rings is 2. The van der Waals surface area contributed by atoms with Crippen LogP contribution in [-0.2, 0) is 10.0 Å². The molecule has 0 aliphatic carbocycles. The number of anilines is 1. The number of nitrogens with zero attached hydrogens (tertiary/aromatic N) is 3. The predicted octanol–water partition coefficient (Wildman–Crippen LogP) is 2.79. The third kappa shape index (κ3) is 4.30. The third-order valence-corrected chi connectivity index (χ3v) is 6.96. The molecule has 32 heavy (non-hydrogen) atoms. The van der Waals surface area contributed by atoms with E-state index in [2.05, 4.69) is 15.5 Å². The van der Waals surface area contributed by atoms with Crippen LogP contribution in [0.2, 0.25) is 0 Å². The van der Waals surface area contributed by atoms with Gasteiger partial charge in [0.15, 0.2) is 11.5 Å². The summed E-state index contributed by atoms with van der Waals surface area (Å²) in [6.07, 6.45) is 0. The van der Waals surface area contributed by atoms with Crippen LogP contribution in [0.4, 0.5) is 6.01 Å². The van der Waals surface area contributed by atoms with Crippen molar-refractivity contribution in [1.29, 1.82) is 0 Å². The summed E-state index contributed by atoms with van der Waals surface area (Å²) >= 11 is 0. The highest BCUT2D eigenvalue weighted by molar-refractivity contribution is 7.89. The summed E-state index contributed by atoms with van der Waals surface area (Å²) in [6.45, 7) is 5.22. The maximum atomic E-state index is 12.6. The number of amides is 1. The highest BCUT2D eigenvalue weighted by Gasteiger charge is 2.22. The normalized spacial score (nSPS) is 13.2. The molecule has 10 nitrogen and oxygen atoms in total. The monoisotopic (exact) mass is 458 g/mol. The smallest absolute Gasteiger partial charge is 0.322 e. The Bertz CT molecular complexity index is 1220. The maximum Gasteiger partial charge on any atom is 0.322 e. The number of carbonyl (C=O) groups excluding carboxylic acids is 1. The molecule has 1 aliphatic heterocycles. The Hall–Kier alpha value is -3.44. The van der Waals surface area contributed by atoms with E-state index in [-0.39, 0.29) is 22.4 Å². The number of fused-ring (bicyclic) bond motifs is 1. The molecule has 11 heteroatoms. The lowest BCUT2D eigenvalue weighted by atomic mass is 10.2. The summed E-state index contributed by atoms with van der Waals surface area (Å²) in [5.41, 5.74) is 0.871. The van der Waals surface area contributed by atoms with Crippen LogP contribution in [0.5, 0.6) is 11.5 Å². The Morgan fingerprint density at radius 2 is 1.69 bits per heavy atom. The Labute approximate surface area is 185 Å². The van der Waals surface area contributed by atoms with Crippen LogP contribution in [0.15, 0.2) is 51.8 Å². The fraction of sp³-hybridized carbons (Fsp3) is 0.286. The first-order chi connectivity index (χ1) is 15.4. The van der Waals surface area contributed by atoms with Gasteiger partial charge >= 0.3 is 6.01 Å². The van der Waals surface area contributed by atoms with Gasteiger partial charge in [-0.3, -0.25) is 10.1 Å². The van der Waals surface area contributed by atoms with E-state index in [4.69, 9.17) is 13.9 Å². The van der Waals surface area contributed by atoms with E-state index in [1.54, 1.807) is 32.0 Å². The van der Waals surface area contributed by atoms with Crippen molar-refractivity contribution in [2.45, 2.75) is 18.7 Å². The van der Waals surface area contributed by atoms with Crippen LogP contribution in [-0.4, -0.2) is 55.1 Å². The SMILES string of the molecule is CCN(CC)S(=O)(=O)c1ccc(C(=O)Nc2nnc(-c3ccc4c(c3)OCCO4)o2)cc1. The molecule has 1 aliphatic rings. The van der Waals surface area contributed by atoms with E-state index in [0.29, 0.717) is 43.4 Å². The van der Waals surface area contributed by atoms with E-state index in [1.807, 2.05) is 0 Å². The maximum absolute atomic E-state index is 12.6. The minimum Gasteiger partial charge on any atom is -0.486 e. The Morgan fingerprint density at radius 1 is 1.00 bits per heavy atom. The number of hydrogen-bond acceptors (Lipinski definition) is 8. The van der Waals surface area contributed by atoms with Crippen molar-refractivity contribution in [3.8, 4) is 23.0 Å². The fourth-order valence-electron chi connectivity index (χ4n) is 3.23. The number of aromatic nitrogens is 2. The quantitative estimate of drug-likeness (QED) is 0.573. The topological polar surface area (TPSA) is 124 Å². The molecule has 0 fully saturated rings. The van der Waals surface area contributed by atoms with Crippen LogP contribution in [0, 0.1) is 0 Å². The highest BCUT2D eigenvalue weighted by atomic mass is 32.2. The van der Waals surface area contributed by atoms with Gasteiger partial charge in [-0.2, -0.15) is 4.31 Å². The summed E-state index contributed by atoms with van der Waals surface area (Å²) in [6, 6.07) is 10.8. The zero-order chi connectivity index (χ0) is 22.7. The molecule has 1 N–H and O–H groups in total. The second-order valence-electron chi connectivity index (χ2n) is 6.84. The molecular formula is C21H22N4O6S. The second-order valence-corrected chi connectivity index (χ2v) is 8.78. The molecule has 0 saturated carbocycles. The van der Waals surface area contributed by atoms with E-state index in [9.17, 15) is 13.2 Å². The summed E-state index contributed by atoms with van der Waals surface area (Å²) in [4.78, 5) is 12.6. The van der Waals surface area contributed by atoms with Gasteiger partial charge in [0.2, 0.25) is 15.9 Å². The lowest BCUT2D eigenvalue weighted by molar-refractivity contribution is 0.102. The molecule has 1 amide bonds. The zero-order valence-corrected chi connectivity index (χ0v) is 18.4. The summed E-state index contributed by atoms with van der Waals surface area (Å²) < 4.78 is 43.1. The summed E-state index contributed by atoms with van der Waals surface area (Å²) in [5.74, 6) is 0.920. The molecule has 1 aromatic heterocycles. The summed E-state index contributed by atoms with van der Waals surface area (Å²) in [5, 5.41) is 10.3. The van der Waals surface area contributed by atoms with E-state index < -0.39 is 15.9 Å². The van der Waals surface area contributed by atoms with Gasteiger partial charge in [-0.05, 0) is 42.5 Å². The molecule has 4 rings (SSSR count). The predicted molar refractivity (Wildman–Crippen MR) is 115 cm³/mol. The number of rotatable bonds is 7. The van der Waals surface area contributed by atoms with Gasteiger partial charge in [0.25, 0.3) is 5.91 Å². The van der Waals surface area contributed by atoms with E-state index in [1.165, 1.54) is 28.6 Å². The molecule has 3 aromatic rings. The highest BCUT2D eigenvalue weighted by Crippen LogP contribution is 2.34. The summed E-state index contributed by atoms with van der Waals surface area (Å²) in [7, 11) is -3.59. The molecule has 0 radical (unpaired) electrons. The van der Waals surface area contributed by atoms with Gasteiger partial charge in [0, 0.05) is 24.2 Å². The van der Waals surface area contributed by atoms with Crippen molar-refractivity contribution in [2.24, 2.45) is 0 Å². The molecule has 0 spiro atoms. The first-order valence-electron chi connectivity index (χ1n) is 10.1.